The first-order chi connectivity index (χ1) is 12.1. The van der Waals surface area contributed by atoms with E-state index in [1.54, 1.807) is 36.4 Å². The van der Waals surface area contributed by atoms with Crippen LogP contribution in [0.5, 0.6) is 23.0 Å². The number of benzene rings is 2. The number of methoxy groups -OCH3 is 2. The van der Waals surface area contributed by atoms with Crippen LogP contribution in [0, 0.1) is 0 Å². The van der Waals surface area contributed by atoms with E-state index in [-0.39, 0.29) is 24.6 Å². The Balaban J connectivity index is 1.76. The summed E-state index contributed by atoms with van der Waals surface area (Å²) in [5.41, 5.74) is 0.493. The maximum Gasteiger partial charge on any atom is 0.208 e. The molecular formula is C19H18O6. The van der Waals surface area contributed by atoms with E-state index in [1.807, 2.05) is 6.07 Å². The first-order valence-corrected chi connectivity index (χ1v) is 7.79. The summed E-state index contributed by atoms with van der Waals surface area (Å²) in [6.45, 7) is 0.0113. The molecule has 0 N–H and O–H groups in total. The molecule has 0 aliphatic carbocycles. The van der Waals surface area contributed by atoms with Crippen LogP contribution in [-0.4, -0.2) is 38.5 Å². The van der Waals surface area contributed by atoms with Crippen LogP contribution in [0.2, 0.25) is 0 Å². The molecule has 25 heavy (non-hydrogen) atoms. The third kappa shape index (κ3) is 3.42. The number of hydrogen-bond donors (Lipinski definition) is 0. The Morgan fingerprint density at radius 3 is 2.28 bits per heavy atom. The van der Waals surface area contributed by atoms with Gasteiger partial charge in [0.2, 0.25) is 11.5 Å². The highest BCUT2D eigenvalue weighted by atomic mass is 16.6. The molecule has 2 aromatic rings. The molecule has 0 radical (unpaired) electrons. The van der Waals surface area contributed by atoms with Gasteiger partial charge in [-0.25, -0.2) is 0 Å². The second-order valence-electron chi connectivity index (χ2n) is 5.48. The van der Waals surface area contributed by atoms with Crippen LogP contribution in [-0.2, 0) is 4.79 Å². The van der Waals surface area contributed by atoms with Crippen molar-refractivity contribution in [3.63, 3.8) is 0 Å². The minimum absolute atomic E-state index is 0.0113. The van der Waals surface area contributed by atoms with Gasteiger partial charge in [0.1, 0.15) is 6.61 Å². The Hall–Kier alpha value is -3.02. The Labute approximate surface area is 145 Å². The van der Waals surface area contributed by atoms with Crippen molar-refractivity contribution in [1.82, 2.24) is 0 Å². The lowest BCUT2D eigenvalue weighted by molar-refractivity contribution is -0.127. The van der Waals surface area contributed by atoms with Crippen molar-refractivity contribution in [2.75, 3.05) is 20.8 Å². The molecule has 0 spiro atoms. The van der Waals surface area contributed by atoms with E-state index in [0.29, 0.717) is 28.6 Å². The number of carbonyl (C=O) groups excluding carboxylic acids is 2. The van der Waals surface area contributed by atoms with Gasteiger partial charge < -0.3 is 18.9 Å². The zero-order chi connectivity index (χ0) is 17.8. The zero-order valence-electron chi connectivity index (χ0n) is 14.0. The molecule has 1 aliphatic rings. The number of rotatable bonds is 6. The predicted octanol–water partition coefficient (Wildman–Crippen LogP) is 2.69. The summed E-state index contributed by atoms with van der Waals surface area (Å²) in [6, 6.07) is 12.0. The molecule has 1 unspecified atom stereocenters. The molecule has 0 amide bonds. The number of fused-ring (bicyclic) bond motifs is 1. The Morgan fingerprint density at radius 2 is 1.64 bits per heavy atom. The van der Waals surface area contributed by atoms with Crippen LogP contribution in [0.4, 0.5) is 0 Å². The summed E-state index contributed by atoms with van der Waals surface area (Å²) < 4.78 is 21.9. The van der Waals surface area contributed by atoms with Crippen molar-refractivity contribution in [2.24, 2.45) is 0 Å². The fraction of sp³-hybridized carbons (Fsp3) is 0.263. The van der Waals surface area contributed by atoms with Crippen LogP contribution in [0.1, 0.15) is 16.8 Å². The van der Waals surface area contributed by atoms with Crippen molar-refractivity contribution in [3.8, 4) is 23.0 Å². The van der Waals surface area contributed by atoms with Crippen molar-refractivity contribution in [3.05, 3.63) is 48.0 Å². The molecule has 1 heterocycles. The number of hydrogen-bond acceptors (Lipinski definition) is 6. The van der Waals surface area contributed by atoms with Crippen molar-refractivity contribution < 1.29 is 28.5 Å². The van der Waals surface area contributed by atoms with E-state index in [9.17, 15) is 9.59 Å². The van der Waals surface area contributed by atoms with Crippen LogP contribution in [0.25, 0.3) is 0 Å². The lowest BCUT2D eigenvalue weighted by Crippen LogP contribution is -2.37. The summed E-state index contributed by atoms with van der Waals surface area (Å²) in [6.07, 6.45) is -1.12. The standard InChI is InChI=1S/C19H18O6/c1-22-15-8-9-16(23-2)19-18(15)24-11-17(25-19)14(21)10-13(20)12-6-4-3-5-7-12/h3-9,17H,10-11H2,1-2H3. The number of ketones is 2. The number of carbonyl (C=O) groups is 2. The molecule has 6 nitrogen and oxygen atoms in total. The molecule has 130 valence electrons. The Morgan fingerprint density at radius 1 is 1.00 bits per heavy atom. The fourth-order valence-corrected chi connectivity index (χ4v) is 2.59. The van der Waals surface area contributed by atoms with Crippen LogP contribution < -0.4 is 18.9 Å². The van der Waals surface area contributed by atoms with Gasteiger partial charge in [-0.2, -0.15) is 0 Å². The molecule has 0 fully saturated rings. The maximum absolute atomic E-state index is 12.4. The zero-order valence-corrected chi connectivity index (χ0v) is 14.0. The molecule has 0 saturated heterocycles. The van der Waals surface area contributed by atoms with Gasteiger partial charge in [0.25, 0.3) is 0 Å². The topological polar surface area (TPSA) is 71.1 Å². The Bertz CT molecular complexity index is 784. The highest BCUT2D eigenvalue weighted by Gasteiger charge is 2.32. The van der Waals surface area contributed by atoms with Crippen molar-refractivity contribution >= 4 is 11.6 Å². The molecule has 0 saturated carbocycles. The summed E-state index contributed by atoms with van der Waals surface area (Å²) in [4.78, 5) is 24.7. The van der Waals surface area contributed by atoms with E-state index in [4.69, 9.17) is 18.9 Å². The summed E-state index contributed by atoms with van der Waals surface area (Å²) >= 11 is 0. The molecule has 2 aromatic carbocycles. The first kappa shape index (κ1) is 16.8. The SMILES string of the molecule is COc1ccc(OC)c2c1OCC(C(=O)CC(=O)c1ccccc1)O2. The van der Waals surface area contributed by atoms with E-state index < -0.39 is 6.10 Å². The van der Waals surface area contributed by atoms with E-state index in [2.05, 4.69) is 0 Å². The third-order valence-corrected chi connectivity index (χ3v) is 3.91. The largest absolute Gasteiger partial charge is 0.493 e. The fourth-order valence-electron chi connectivity index (χ4n) is 2.59. The number of Topliss-reactive ketones (excluding diaryl/α,β-unsaturated/α-hetero) is 2. The van der Waals surface area contributed by atoms with E-state index >= 15 is 0 Å². The van der Waals surface area contributed by atoms with Gasteiger partial charge in [0.05, 0.1) is 20.6 Å². The average molecular weight is 342 g/mol. The average Bonchev–Trinajstić information content (AvgIpc) is 2.67. The molecule has 6 heteroatoms. The van der Waals surface area contributed by atoms with E-state index in [0.717, 1.165) is 0 Å². The van der Waals surface area contributed by atoms with Gasteiger partial charge in [0, 0.05) is 5.56 Å². The van der Waals surface area contributed by atoms with Crippen LogP contribution >= 0.6 is 0 Å². The Kier molecular flexibility index (Phi) is 4.88. The molecule has 1 aliphatic heterocycles. The smallest absolute Gasteiger partial charge is 0.208 e. The van der Waals surface area contributed by atoms with Crippen molar-refractivity contribution in [2.45, 2.75) is 12.5 Å². The lowest BCUT2D eigenvalue weighted by atomic mass is 10.0. The van der Waals surface area contributed by atoms with Gasteiger partial charge in [-0.15, -0.1) is 0 Å². The molecule has 0 aromatic heterocycles. The van der Waals surface area contributed by atoms with Gasteiger partial charge in [-0.05, 0) is 12.1 Å². The number of ether oxygens (including phenoxy) is 4. The summed E-state index contributed by atoms with van der Waals surface area (Å²) in [5, 5.41) is 0. The molecule has 3 rings (SSSR count). The second-order valence-corrected chi connectivity index (χ2v) is 5.48. The minimum Gasteiger partial charge on any atom is -0.493 e. The minimum atomic E-state index is -0.874. The highest BCUT2D eigenvalue weighted by molar-refractivity contribution is 6.09. The van der Waals surface area contributed by atoms with Gasteiger partial charge in [-0.1, -0.05) is 30.3 Å². The highest BCUT2D eigenvalue weighted by Crippen LogP contribution is 2.46. The molecule has 1 atom stereocenters. The van der Waals surface area contributed by atoms with Gasteiger partial charge >= 0.3 is 0 Å². The van der Waals surface area contributed by atoms with Crippen LogP contribution in [0.15, 0.2) is 42.5 Å². The summed E-state index contributed by atoms with van der Waals surface area (Å²) in [7, 11) is 3.01. The van der Waals surface area contributed by atoms with Gasteiger partial charge in [0.15, 0.2) is 29.2 Å². The van der Waals surface area contributed by atoms with Crippen molar-refractivity contribution in [1.29, 1.82) is 0 Å². The second kappa shape index (κ2) is 7.25. The quantitative estimate of drug-likeness (QED) is 0.594. The molecule has 0 bridgehead atoms. The summed E-state index contributed by atoms with van der Waals surface area (Å²) in [5.74, 6) is 1.02. The maximum atomic E-state index is 12.4. The van der Waals surface area contributed by atoms with Gasteiger partial charge in [-0.3, -0.25) is 9.59 Å². The first-order valence-electron chi connectivity index (χ1n) is 7.79. The lowest BCUT2D eigenvalue weighted by Gasteiger charge is -2.27. The van der Waals surface area contributed by atoms with Crippen LogP contribution in [0.3, 0.4) is 0 Å². The molecular weight excluding hydrogens is 324 g/mol. The monoisotopic (exact) mass is 342 g/mol. The third-order valence-electron chi connectivity index (χ3n) is 3.91. The normalized spacial score (nSPS) is 15.4. The van der Waals surface area contributed by atoms with E-state index in [1.165, 1.54) is 14.2 Å². The predicted molar refractivity (Wildman–Crippen MR) is 89.9 cm³/mol.